The SMILES string of the molecule is Cc1c(Br)cc(NCC(=O)N/N=C/c2ccc(F)cc2)cc1Br. The smallest absolute Gasteiger partial charge is 0.259 e. The Morgan fingerprint density at radius 2 is 1.83 bits per heavy atom. The Morgan fingerprint density at radius 3 is 2.43 bits per heavy atom. The Labute approximate surface area is 150 Å². The Hall–Kier alpha value is -1.73. The summed E-state index contributed by atoms with van der Waals surface area (Å²) in [4.78, 5) is 11.7. The van der Waals surface area contributed by atoms with Gasteiger partial charge in [-0.2, -0.15) is 5.10 Å². The summed E-state index contributed by atoms with van der Waals surface area (Å²) in [5.41, 5.74) is 5.01. The van der Waals surface area contributed by atoms with Crippen LogP contribution in [0.4, 0.5) is 10.1 Å². The van der Waals surface area contributed by atoms with Crippen LogP contribution >= 0.6 is 31.9 Å². The Bertz CT molecular complexity index is 710. The number of hydrogen-bond acceptors (Lipinski definition) is 3. The molecular weight excluding hydrogens is 429 g/mol. The summed E-state index contributed by atoms with van der Waals surface area (Å²) < 4.78 is 14.6. The summed E-state index contributed by atoms with van der Waals surface area (Å²) in [6, 6.07) is 9.61. The van der Waals surface area contributed by atoms with Gasteiger partial charge < -0.3 is 5.32 Å². The van der Waals surface area contributed by atoms with Gasteiger partial charge in [-0.15, -0.1) is 0 Å². The zero-order chi connectivity index (χ0) is 16.8. The number of halogens is 3. The molecule has 0 bridgehead atoms. The van der Waals surface area contributed by atoms with E-state index in [4.69, 9.17) is 0 Å². The molecule has 0 saturated heterocycles. The van der Waals surface area contributed by atoms with Crippen molar-refractivity contribution in [2.24, 2.45) is 5.10 Å². The molecule has 0 atom stereocenters. The predicted octanol–water partition coefficient (Wildman–Crippen LogP) is 4.22. The van der Waals surface area contributed by atoms with Crippen LogP contribution in [0.25, 0.3) is 0 Å². The molecule has 0 radical (unpaired) electrons. The van der Waals surface area contributed by atoms with E-state index in [2.05, 4.69) is 47.7 Å². The Kier molecular flexibility index (Phi) is 6.29. The quantitative estimate of drug-likeness (QED) is 0.538. The zero-order valence-electron chi connectivity index (χ0n) is 12.2. The minimum atomic E-state index is -0.314. The lowest BCUT2D eigenvalue weighted by Gasteiger charge is -2.09. The molecule has 0 aliphatic carbocycles. The van der Waals surface area contributed by atoms with Gasteiger partial charge in [-0.3, -0.25) is 4.79 Å². The van der Waals surface area contributed by atoms with Gasteiger partial charge >= 0.3 is 0 Å². The van der Waals surface area contributed by atoms with Crippen molar-refractivity contribution in [2.45, 2.75) is 6.92 Å². The van der Waals surface area contributed by atoms with Crippen LogP contribution in [0.5, 0.6) is 0 Å². The maximum Gasteiger partial charge on any atom is 0.259 e. The second kappa shape index (κ2) is 8.21. The van der Waals surface area contributed by atoms with E-state index in [9.17, 15) is 9.18 Å². The standard InChI is InChI=1S/C16H14Br2FN3O/c1-10-14(17)6-13(7-15(10)18)20-9-16(23)22-21-8-11-2-4-12(19)5-3-11/h2-8,20H,9H2,1H3,(H,22,23)/b21-8+. The van der Waals surface area contributed by atoms with E-state index in [1.807, 2.05) is 19.1 Å². The number of carbonyl (C=O) groups excluding carboxylic acids is 1. The number of hydrazone groups is 1. The fourth-order valence-corrected chi connectivity index (χ4v) is 2.88. The summed E-state index contributed by atoms with van der Waals surface area (Å²) >= 11 is 6.91. The van der Waals surface area contributed by atoms with Crippen molar-refractivity contribution >= 4 is 49.7 Å². The van der Waals surface area contributed by atoms with Gasteiger partial charge in [-0.25, -0.2) is 9.82 Å². The molecule has 2 aromatic rings. The maximum atomic E-state index is 12.8. The van der Waals surface area contributed by atoms with E-state index in [1.54, 1.807) is 12.1 Å². The van der Waals surface area contributed by atoms with E-state index in [0.717, 1.165) is 20.2 Å². The maximum absolute atomic E-state index is 12.8. The molecule has 2 aromatic carbocycles. The molecule has 0 unspecified atom stereocenters. The number of nitrogens with zero attached hydrogens (tertiary/aromatic N) is 1. The highest BCUT2D eigenvalue weighted by Crippen LogP contribution is 2.28. The number of nitrogens with one attached hydrogen (secondary N) is 2. The average molecular weight is 443 g/mol. The Morgan fingerprint density at radius 1 is 1.22 bits per heavy atom. The first kappa shape index (κ1) is 17.6. The van der Waals surface area contributed by atoms with Gasteiger partial charge in [0.2, 0.25) is 0 Å². The van der Waals surface area contributed by atoms with E-state index >= 15 is 0 Å². The van der Waals surface area contributed by atoms with Gasteiger partial charge in [0, 0.05) is 14.6 Å². The summed E-state index contributed by atoms with van der Waals surface area (Å²) in [5.74, 6) is -0.595. The largest absolute Gasteiger partial charge is 0.376 e. The molecule has 0 spiro atoms. The van der Waals surface area contributed by atoms with Crippen LogP contribution in [0.1, 0.15) is 11.1 Å². The third kappa shape index (κ3) is 5.44. The van der Waals surface area contributed by atoms with Crippen molar-refractivity contribution in [3.8, 4) is 0 Å². The molecule has 0 saturated carbocycles. The highest BCUT2D eigenvalue weighted by Gasteiger charge is 2.05. The minimum absolute atomic E-state index is 0.0860. The van der Waals surface area contributed by atoms with Crippen LogP contribution in [-0.2, 0) is 4.79 Å². The van der Waals surface area contributed by atoms with Crippen molar-refractivity contribution in [1.82, 2.24) is 5.43 Å². The molecule has 0 aliphatic heterocycles. The molecule has 7 heteroatoms. The molecule has 23 heavy (non-hydrogen) atoms. The molecule has 0 aliphatic rings. The van der Waals surface area contributed by atoms with Gasteiger partial charge in [-0.05, 0) is 42.3 Å². The van der Waals surface area contributed by atoms with Crippen molar-refractivity contribution in [3.63, 3.8) is 0 Å². The summed E-state index contributed by atoms with van der Waals surface area (Å²) in [6.45, 7) is 2.07. The molecule has 0 aromatic heterocycles. The van der Waals surface area contributed by atoms with E-state index in [-0.39, 0.29) is 18.3 Å². The number of benzene rings is 2. The number of amides is 1. The number of rotatable bonds is 5. The lowest BCUT2D eigenvalue weighted by molar-refractivity contribution is -0.119. The van der Waals surface area contributed by atoms with Gasteiger partial charge in [0.1, 0.15) is 5.82 Å². The second-order valence-electron chi connectivity index (χ2n) is 4.76. The lowest BCUT2D eigenvalue weighted by atomic mass is 10.2. The average Bonchev–Trinajstić information content (AvgIpc) is 2.52. The van der Waals surface area contributed by atoms with Crippen molar-refractivity contribution in [3.05, 3.63) is 62.3 Å². The topological polar surface area (TPSA) is 53.5 Å². The molecule has 4 nitrogen and oxygen atoms in total. The highest BCUT2D eigenvalue weighted by molar-refractivity contribution is 9.11. The Balaban J connectivity index is 1.84. The van der Waals surface area contributed by atoms with E-state index < -0.39 is 0 Å². The first-order chi connectivity index (χ1) is 11.0. The fraction of sp³-hybridized carbons (Fsp3) is 0.125. The van der Waals surface area contributed by atoms with Crippen LogP contribution in [0.15, 0.2) is 50.4 Å². The zero-order valence-corrected chi connectivity index (χ0v) is 15.4. The number of hydrogen-bond donors (Lipinski definition) is 2. The van der Waals surface area contributed by atoms with Crippen LogP contribution in [0, 0.1) is 12.7 Å². The summed E-state index contributed by atoms with van der Waals surface area (Å²) in [7, 11) is 0. The monoisotopic (exact) mass is 441 g/mol. The fourth-order valence-electron chi connectivity index (χ4n) is 1.70. The first-order valence-corrected chi connectivity index (χ1v) is 8.31. The second-order valence-corrected chi connectivity index (χ2v) is 6.47. The van der Waals surface area contributed by atoms with Gasteiger partial charge in [0.15, 0.2) is 0 Å². The number of carbonyl (C=O) groups is 1. The normalized spacial score (nSPS) is 10.8. The van der Waals surface area contributed by atoms with Crippen molar-refractivity contribution in [2.75, 3.05) is 11.9 Å². The molecular formula is C16H14Br2FN3O. The van der Waals surface area contributed by atoms with Crippen LogP contribution in [0.3, 0.4) is 0 Å². The first-order valence-electron chi connectivity index (χ1n) is 6.72. The molecule has 1 amide bonds. The van der Waals surface area contributed by atoms with Crippen molar-refractivity contribution < 1.29 is 9.18 Å². The lowest BCUT2D eigenvalue weighted by Crippen LogP contribution is -2.25. The molecule has 2 rings (SSSR count). The van der Waals surface area contributed by atoms with Crippen LogP contribution in [-0.4, -0.2) is 18.7 Å². The van der Waals surface area contributed by atoms with Gasteiger partial charge in [0.25, 0.3) is 5.91 Å². The molecule has 120 valence electrons. The van der Waals surface area contributed by atoms with Gasteiger partial charge in [0.05, 0.1) is 12.8 Å². The summed E-state index contributed by atoms with van der Waals surface area (Å²) in [6.07, 6.45) is 1.45. The van der Waals surface area contributed by atoms with Crippen molar-refractivity contribution in [1.29, 1.82) is 0 Å². The van der Waals surface area contributed by atoms with Crippen LogP contribution < -0.4 is 10.7 Å². The summed E-state index contributed by atoms with van der Waals surface area (Å²) in [5, 5.41) is 6.84. The minimum Gasteiger partial charge on any atom is -0.376 e. The van der Waals surface area contributed by atoms with Gasteiger partial charge in [-0.1, -0.05) is 44.0 Å². The molecule has 0 fully saturated rings. The van der Waals surface area contributed by atoms with E-state index in [0.29, 0.717) is 5.56 Å². The van der Waals surface area contributed by atoms with Crippen LogP contribution in [0.2, 0.25) is 0 Å². The van der Waals surface area contributed by atoms with E-state index in [1.165, 1.54) is 18.3 Å². The number of anilines is 1. The molecule has 2 N–H and O–H groups in total. The third-order valence-electron chi connectivity index (χ3n) is 3.01. The highest BCUT2D eigenvalue weighted by atomic mass is 79.9. The molecule has 0 heterocycles. The third-order valence-corrected chi connectivity index (χ3v) is 4.65. The predicted molar refractivity (Wildman–Crippen MR) is 97.2 cm³/mol.